The summed E-state index contributed by atoms with van der Waals surface area (Å²) in [4.78, 5) is 43.3. The van der Waals surface area contributed by atoms with Gasteiger partial charge in [-0.25, -0.2) is 4.98 Å². The Morgan fingerprint density at radius 3 is 2.74 bits per heavy atom. The van der Waals surface area contributed by atoms with Crippen molar-refractivity contribution >= 4 is 65.9 Å². The van der Waals surface area contributed by atoms with Crippen LogP contribution in [0.15, 0.2) is 40.9 Å². The van der Waals surface area contributed by atoms with E-state index in [4.69, 9.17) is 0 Å². The lowest BCUT2D eigenvalue weighted by Gasteiger charge is -2.24. The highest BCUT2D eigenvalue weighted by Crippen LogP contribution is 2.36. The molecule has 0 bridgehead atoms. The zero-order valence-electron chi connectivity index (χ0n) is 14.4. The lowest BCUT2D eigenvalue weighted by atomic mass is 10.1. The minimum Gasteiger partial charge on any atom is -0.300 e. The zero-order valence-corrected chi connectivity index (χ0v) is 16.8. The van der Waals surface area contributed by atoms with Crippen LogP contribution in [0.4, 0.5) is 10.8 Å². The molecule has 1 unspecified atom stereocenters. The van der Waals surface area contributed by atoms with Gasteiger partial charge < -0.3 is 5.32 Å². The number of aromatic nitrogens is 1. The van der Waals surface area contributed by atoms with Crippen LogP contribution >= 0.6 is 27.3 Å². The van der Waals surface area contributed by atoms with Gasteiger partial charge in [0.2, 0.25) is 5.91 Å². The molecule has 1 atom stereocenters. The number of amides is 2. The van der Waals surface area contributed by atoms with E-state index in [1.54, 1.807) is 19.9 Å². The van der Waals surface area contributed by atoms with Crippen molar-refractivity contribution in [2.24, 2.45) is 0 Å². The molecule has 8 heteroatoms. The van der Waals surface area contributed by atoms with E-state index in [1.165, 1.54) is 16.2 Å². The van der Waals surface area contributed by atoms with Crippen molar-refractivity contribution in [1.82, 2.24) is 4.98 Å². The summed E-state index contributed by atoms with van der Waals surface area (Å²) < 4.78 is 1.67. The first-order chi connectivity index (χ1) is 12.9. The van der Waals surface area contributed by atoms with Crippen molar-refractivity contribution in [3.8, 4) is 0 Å². The lowest BCUT2D eigenvalue weighted by Crippen LogP contribution is -2.45. The molecular weight excluding hydrogens is 430 g/mol. The number of carbonyl (C=O) groups is 3. The molecule has 4 rings (SSSR count). The van der Waals surface area contributed by atoms with Crippen LogP contribution in [0.5, 0.6) is 0 Å². The summed E-state index contributed by atoms with van der Waals surface area (Å²) in [6, 6.07) is 10.1. The number of halogens is 1. The van der Waals surface area contributed by atoms with Gasteiger partial charge in [-0.1, -0.05) is 39.4 Å². The van der Waals surface area contributed by atoms with E-state index in [1.807, 2.05) is 30.3 Å². The van der Waals surface area contributed by atoms with E-state index in [9.17, 15) is 14.4 Å². The van der Waals surface area contributed by atoms with Gasteiger partial charge >= 0.3 is 0 Å². The van der Waals surface area contributed by atoms with Gasteiger partial charge in [0, 0.05) is 4.47 Å². The Balaban J connectivity index is 1.64. The molecule has 0 spiro atoms. The molecule has 1 aromatic heterocycles. The summed E-state index contributed by atoms with van der Waals surface area (Å²) >= 11 is 4.70. The van der Waals surface area contributed by atoms with Gasteiger partial charge in [-0.05, 0) is 43.7 Å². The molecule has 0 radical (unpaired) electrons. The number of carbonyl (C=O) groups excluding carboxylic acids is 3. The second-order valence-corrected chi connectivity index (χ2v) is 8.22. The summed E-state index contributed by atoms with van der Waals surface area (Å²) in [5.74, 6) is -1.70. The van der Waals surface area contributed by atoms with Gasteiger partial charge in [0.25, 0.3) is 11.7 Å². The van der Waals surface area contributed by atoms with Crippen molar-refractivity contribution in [3.05, 3.63) is 52.0 Å². The van der Waals surface area contributed by atoms with Gasteiger partial charge in [0.15, 0.2) is 5.13 Å². The standard InChI is InChI=1S/C19H14BrN3O3S/c1-9-7-11(20)8-12-15(9)23(18(26)16(12)24)10(2)17(25)22-19-21-13-5-3-4-6-14(13)27-19/h3-8,10H,1-2H3,(H,21,22,25). The minimum absolute atomic E-state index is 0.312. The fourth-order valence-electron chi connectivity index (χ4n) is 3.18. The van der Waals surface area contributed by atoms with Crippen LogP contribution in [0.25, 0.3) is 10.2 Å². The molecule has 0 saturated carbocycles. The molecule has 3 aromatic rings. The number of anilines is 2. The Morgan fingerprint density at radius 2 is 2.00 bits per heavy atom. The Kier molecular flexibility index (Phi) is 4.32. The third kappa shape index (κ3) is 2.94. The Bertz CT molecular complexity index is 1090. The highest BCUT2D eigenvalue weighted by molar-refractivity contribution is 9.10. The number of ketones is 1. The Labute approximate surface area is 167 Å². The van der Waals surface area contributed by atoms with E-state index < -0.39 is 23.6 Å². The fraction of sp³-hybridized carbons (Fsp3) is 0.158. The molecule has 2 aromatic carbocycles. The molecule has 0 fully saturated rings. The molecule has 1 aliphatic heterocycles. The average molecular weight is 444 g/mol. The largest absolute Gasteiger partial charge is 0.300 e. The quantitative estimate of drug-likeness (QED) is 0.621. The van der Waals surface area contributed by atoms with E-state index in [2.05, 4.69) is 26.2 Å². The normalized spacial score (nSPS) is 14.6. The van der Waals surface area contributed by atoms with Crippen molar-refractivity contribution in [1.29, 1.82) is 0 Å². The molecule has 136 valence electrons. The molecule has 0 saturated heterocycles. The predicted molar refractivity (Wildman–Crippen MR) is 108 cm³/mol. The van der Waals surface area contributed by atoms with E-state index >= 15 is 0 Å². The summed E-state index contributed by atoms with van der Waals surface area (Å²) in [5.41, 5.74) is 2.34. The maximum Gasteiger partial charge on any atom is 0.300 e. The number of aryl methyl sites for hydroxylation is 1. The second-order valence-electron chi connectivity index (χ2n) is 6.28. The topological polar surface area (TPSA) is 79.4 Å². The zero-order chi connectivity index (χ0) is 19.3. The van der Waals surface area contributed by atoms with Gasteiger partial charge in [0.05, 0.1) is 21.5 Å². The smallest absolute Gasteiger partial charge is 0.300 e. The number of hydrogen-bond donors (Lipinski definition) is 1. The van der Waals surface area contributed by atoms with Gasteiger partial charge in [-0.3, -0.25) is 19.3 Å². The molecule has 6 nitrogen and oxygen atoms in total. The lowest BCUT2D eigenvalue weighted by molar-refractivity contribution is -0.120. The Morgan fingerprint density at radius 1 is 1.26 bits per heavy atom. The first kappa shape index (κ1) is 17.8. The van der Waals surface area contributed by atoms with Crippen molar-refractivity contribution < 1.29 is 14.4 Å². The van der Waals surface area contributed by atoms with E-state index in [0.29, 0.717) is 20.9 Å². The number of rotatable bonds is 3. The van der Waals surface area contributed by atoms with Crippen LogP contribution in [0, 0.1) is 6.92 Å². The number of nitrogens with one attached hydrogen (secondary N) is 1. The van der Waals surface area contributed by atoms with E-state index in [-0.39, 0.29) is 0 Å². The van der Waals surface area contributed by atoms with Gasteiger partial charge in [-0.15, -0.1) is 0 Å². The Hall–Kier alpha value is -2.58. The average Bonchev–Trinajstić information content (AvgIpc) is 3.14. The highest BCUT2D eigenvalue weighted by Gasteiger charge is 2.42. The number of benzene rings is 2. The minimum atomic E-state index is -0.852. The number of nitrogens with zero attached hydrogens (tertiary/aromatic N) is 2. The van der Waals surface area contributed by atoms with Crippen LogP contribution in [-0.4, -0.2) is 28.6 Å². The van der Waals surface area contributed by atoms with Crippen LogP contribution in [-0.2, 0) is 9.59 Å². The summed E-state index contributed by atoms with van der Waals surface area (Å²) in [5, 5.41) is 3.22. The fourth-order valence-corrected chi connectivity index (χ4v) is 4.62. The van der Waals surface area contributed by atoms with Crippen LogP contribution in [0.2, 0.25) is 0 Å². The number of fused-ring (bicyclic) bond motifs is 2. The summed E-state index contributed by atoms with van der Waals surface area (Å²) in [6.07, 6.45) is 0. The van der Waals surface area contributed by atoms with Gasteiger partial charge in [0.1, 0.15) is 6.04 Å². The van der Waals surface area contributed by atoms with Crippen molar-refractivity contribution in [2.75, 3.05) is 10.2 Å². The number of para-hydroxylation sites is 1. The predicted octanol–water partition coefficient (Wildman–Crippen LogP) is 3.92. The van der Waals surface area contributed by atoms with Crippen LogP contribution < -0.4 is 10.2 Å². The third-order valence-corrected chi connectivity index (χ3v) is 5.86. The second kappa shape index (κ2) is 6.54. The third-order valence-electron chi connectivity index (χ3n) is 4.45. The SMILES string of the molecule is Cc1cc(Br)cc2c1N(C(C)C(=O)Nc1nc3ccccc3s1)C(=O)C2=O. The number of Topliss-reactive ketones (excluding diaryl/α,β-unsaturated/α-hetero) is 1. The molecular formula is C19H14BrN3O3S. The van der Waals surface area contributed by atoms with Crippen LogP contribution in [0.1, 0.15) is 22.8 Å². The molecule has 2 heterocycles. The van der Waals surface area contributed by atoms with Crippen LogP contribution in [0.3, 0.4) is 0 Å². The van der Waals surface area contributed by atoms with Crippen molar-refractivity contribution in [2.45, 2.75) is 19.9 Å². The maximum absolute atomic E-state index is 12.8. The first-order valence-corrected chi connectivity index (χ1v) is 9.82. The molecule has 1 aliphatic rings. The number of hydrogen-bond acceptors (Lipinski definition) is 5. The molecule has 0 aliphatic carbocycles. The van der Waals surface area contributed by atoms with Crippen molar-refractivity contribution in [3.63, 3.8) is 0 Å². The summed E-state index contributed by atoms with van der Waals surface area (Å²) in [7, 11) is 0. The van der Waals surface area contributed by atoms with Gasteiger partial charge in [-0.2, -0.15) is 0 Å². The molecule has 2 amide bonds. The summed E-state index contributed by atoms with van der Waals surface area (Å²) in [6.45, 7) is 3.41. The monoisotopic (exact) mass is 443 g/mol. The number of thiazole rings is 1. The maximum atomic E-state index is 12.8. The van der Waals surface area contributed by atoms with E-state index in [0.717, 1.165) is 15.8 Å². The highest BCUT2D eigenvalue weighted by atomic mass is 79.9. The molecule has 27 heavy (non-hydrogen) atoms. The first-order valence-electron chi connectivity index (χ1n) is 8.21. The molecule has 1 N–H and O–H groups in total.